The van der Waals surface area contributed by atoms with E-state index in [1.807, 2.05) is 0 Å². The Bertz CT molecular complexity index is 1090. The first-order chi connectivity index (χ1) is 14.2. The monoisotopic (exact) mass is 450 g/mol. The van der Waals surface area contributed by atoms with Crippen molar-refractivity contribution in [3.63, 3.8) is 0 Å². The quantitative estimate of drug-likeness (QED) is 0.748. The number of carbonyl (C=O) groups excluding carboxylic acids is 2. The Morgan fingerprint density at radius 1 is 1.13 bits per heavy atom. The van der Waals surface area contributed by atoms with E-state index in [9.17, 15) is 22.4 Å². The predicted molar refractivity (Wildman–Crippen MR) is 114 cm³/mol. The van der Waals surface area contributed by atoms with Crippen molar-refractivity contribution in [1.82, 2.24) is 5.32 Å². The van der Waals surface area contributed by atoms with Gasteiger partial charge in [-0.1, -0.05) is 6.92 Å². The molecule has 1 aromatic heterocycles. The number of hydrogen-bond acceptors (Lipinski definition) is 5. The molecule has 0 spiro atoms. The van der Waals surface area contributed by atoms with Crippen molar-refractivity contribution in [2.45, 2.75) is 38.6 Å². The molecule has 0 bridgehead atoms. The summed E-state index contributed by atoms with van der Waals surface area (Å²) in [6.07, 6.45) is 2.93. The summed E-state index contributed by atoms with van der Waals surface area (Å²) in [4.78, 5) is 26.9. The molecule has 9 heteroatoms. The molecular formula is C21H23FN2O4S2. The van der Waals surface area contributed by atoms with Crippen LogP contribution in [0.5, 0.6) is 0 Å². The molecule has 1 aliphatic carbocycles. The van der Waals surface area contributed by atoms with Gasteiger partial charge in [0.2, 0.25) is 0 Å². The van der Waals surface area contributed by atoms with Crippen molar-refractivity contribution in [3.05, 3.63) is 51.7 Å². The molecule has 6 nitrogen and oxygen atoms in total. The van der Waals surface area contributed by atoms with E-state index in [1.54, 1.807) is 0 Å². The van der Waals surface area contributed by atoms with Crippen LogP contribution < -0.4 is 10.6 Å². The van der Waals surface area contributed by atoms with Crippen molar-refractivity contribution in [2.24, 2.45) is 5.92 Å². The molecule has 1 aromatic carbocycles. The molecule has 2 amide bonds. The van der Waals surface area contributed by atoms with Crippen LogP contribution in [-0.2, 0) is 22.7 Å². The maximum Gasteiger partial charge on any atom is 0.256 e. The van der Waals surface area contributed by atoms with E-state index >= 15 is 0 Å². The zero-order chi connectivity index (χ0) is 21.5. The molecule has 4 rings (SSSR count). The highest BCUT2D eigenvalue weighted by atomic mass is 32.2. The van der Waals surface area contributed by atoms with Crippen LogP contribution in [0.15, 0.2) is 24.3 Å². The van der Waals surface area contributed by atoms with Gasteiger partial charge in [-0.15, -0.1) is 11.3 Å². The lowest BCUT2D eigenvalue weighted by Crippen LogP contribution is -2.36. The molecule has 1 aliphatic heterocycles. The van der Waals surface area contributed by atoms with E-state index in [4.69, 9.17) is 0 Å². The summed E-state index contributed by atoms with van der Waals surface area (Å²) in [7, 11) is -3.12. The van der Waals surface area contributed by atoms with Crippen LogP contribution in [0.1, 0.15) is 50.9 Å². The fourth-order valence-electron chi connectivity index (χ4n) is 4.02. The highest BCUT2D eigenvalue weighted by Gasteiger charge is 2.33. The number of halogens is 1. The number of amides is 2. The van der Waals surface area contributed by atoms with E-state index in [2.05, 4.69) is 17.6 Å². The van der Waals surface area contributed by atoms with Crippen LogP contribution in [0.25, 0.3) is 0 Å². The molecule has 2 aromatic rings. The molecular weight excluding hydrogens is 427 g/mol. The Morgan fingerprint density at radius 3 is 2.53 bits per heavy atom. The van der Waals surface area contributed by atoms with E-state index in [-0.39, 0.29) is 17.4 Å². The van der Waals surface area contributed by atoms with Gasteiger partial charge in [-0.3, -0.25) is 9.59 Å². The topological polar surface area (TPSA) is 92.3 Å². The van der Waals surface area contributed by atoms with Crippen LogP contribution in [0.3, 0.4) is 0 Å². The van der Waals surface area contributed by atoms with Crippen LogP contribution in [0, 0.1) is 11.7 Å². The number of fused-ring (bicyclic) bond motifs is 1. The number of rotatable bonds is 4. The highest BCUT2D eigenvalue weighted by molar-refractivity contribution is 7.91. The van der Waals surface area contributed by atoms with Crippen molar-refractivity contribution >= 4 is 38.0 Å². The van der Waals surface area contributed by atoms with Crippen molar-refractivity contribution in [3.8, 4) is 0 Å². The number of hydrogen-bond donors (Lipinski definition) is 2. The number of nitrogens with one attached hydrogen (secondary N) is 2. The highest BCUT2D eigenvalue weighted by Crippen LogP contribution is 2.40. The summed E-state index contributed by atoms with van der Waals surface area (Å²) in [5.41, 5.74) is 1.66. The lowest BCUT2D eigenvalue weighted by Gasteiger charge is -2.19. The summed E-state index contributed by atoms with van der Waals surface area (Å²) in [5, 5.41) is 6.13. The lowest BCUT2D eigenvalue weighted by atomic mass is 9.88. The molecule has 1 fully saturated rings. The van der Waals surface area contributed by atoms with E-state index in [0.29, 0.717) is 28.5 Å². The third kappa shape index (κ3) is 4.41. The molecule has 2 aliphatic rings. The van der Waals surface area contributed by atoms with Gasteiger partial charge in [-0.2, -0.15) is 0 Å². The van der Waals surface area contributed by atoms with Crippen molar-refractivity contribution in [1.29, 1.82) is 0 Å². The van der Waals surface area contributed by atoms with Gasteiger partial charge in [0.05, 0.1) is 17.1 Å². The maximum atomic E-state index is 13.2. The van der Waals surface area contributed by atoms with Gasteiger partial charge in [0.25, 0.3) is 11.8 Å². The van der Waals surface area contributed by atoms with Crippen LogP contribution in [-0.4, -0.2) is 37.8 Å². The number of anilines is 1. The van der Waals surface area contributed by atoms with Gasteiger partial charge in [-0.25, -0.2) is 12.8 Å². The Morgan fingerprint density at radius 2 is 1.87 bits per heavy atom. The summed E-state index contributed by atoms with van der Waals surface area (Å²) in [6.45, 7) is 2.16. The molecule has 2 atom stereocenters. The number of carbonyl (C=O) groups is 2. The zero-order valence-electron chi connectivity index (χ0n) is 16.5. The Hall–Kier alpha value is -2.26. The van der Waals surface area contributed by atoms with Gasteiger partial charge in [0.15, 0.2) is 9.84 Å². The Labute approximate surface area is 178 Å². The minimum atomic E-state index is -3.12. The minimum absolute atomic E-state index is 0.0562. The second-order valence-corrected chi connectivity index (χ2v) is 11.4. The summed E-state index contributed by atoms with van der Waals surface area (Å²) >= 11 is 1.39. The summed E-state index contributed by atoms with van der Waals surface area (Å²) < 4.78 is 36.6. The largest absolute Gasteiger partial charge is 0.348 e. The predicted octanol–water partition coefficient (Wildman–Crippen LogP) is 3.18. The molecule has 0 unspecified atom stereocenters. The van der Waals surface area contributed by atoms with E-state index < -0.39 is 27.6 Å². The third-order valence-electron chi connectivity index (χ3n) is 5.64. The zero-order valence-corrected chi connectivity index (χ0v) is 18.2. The second kappa shape index (κ2) is 8.11. The average molecular weight is 451 g/mol. The van der Waals surface area contributed by atoms with Crippen LogP contribution in [0.2, 0.25) is 0 Å². The molecule has 2 heterocycles. The molecule has 1 saturated heterocycles. The lowest BCUT2D eigenvalue weighted by molar-refractivity contribution is 0.0941. The van der Waals surface area contributed by atoms with Gasteiger partial charge in [0.1, 0.15) is 10.8 Å². The smallest absolute Gasteiger partial charge is 0.256 e. The van der Waals surface area contributed by atoms with Gasteiger partial charge in [-0.05, 0) is 61.4 Å². The summed E-state index contributed by atoms with van der Waals surface area (Å²) in [5.74, 6) is -0.686. The second-order valence-electron chi connectivity index (χ2n) is 8.09. The van der Waals surface area contributed by atoms with E-state index in [1.165, 1.54) is 35.6 Å². The molecule has 0 radical (unpaired) electrons. The average Bonchev–Trinajstić information content (AvgIpc) is 3.20. The van der Waals surface area contributed by atoms with Crippen LogP contribution in [0.4, 0.5) is 9.39 Å². The van der Waals surface area contributed by atoms with Crippen LogP contribution >= 0.6 is 11.3 Å². The first-order valence-corrected chi connectivity index (χ1v) is 12.6. The standard InChI is InChI=1S/C21H23FN2O4S2/c1-12-2-7-16-17(10-12)29-21(24-19(25)13-3-5-14(22)6-4-13)18(16)20(26)23-15-8-9-30(27,28)11-15/h3-6,12,15H,2,7-11H2,1H3,(H,23,26)(H,24,25)/t12-,15+/m0/s1. The van der Waals surface area contributed by atoms with Gasteiger partial charge >= 0.3 is 0 Å². The van der Waals surface area contributed by atoms with Crippen molar-refractivity contribution < 1.29 is 22.4 Å². The molecule has 160 valence electrons. The van der Waals surface area contributed by atoms with E-state index in [0.717, 1.165) is 29.7 Å². The number of thiophene rings is 1. The summed E-state index contributed by atoms with van der Waals surface area (Å²) in [6, 6.07) is 4.79. The number of sulfone groups is 1. The van der Waals surface area contributed by atoms with Crippen molar-refractivity contribution in [2.75, 3.05) is 16.8 Å². The molecule has 0 saturated carbocycles. The molecule has 2 N–H and O–H groups in total. The minimum Gasteiger partial charge on any atom is -0.348 e. The SMILES string of the molecule is C[C@H]1CCc2c(sc(NC(=O)c3ccc(F)cc3)c2C(=O)N[C@@H]2CCS(=O)(=O)C2)C1. The third-order valence-corrected chi connectivity index (χ3v) is 8.58. The first kappa shape index (κ1) is 21.0. The van der Waals surface area contributed by atoms with Gasteiger partial charge < -0.3 is 10.6 Å². The molecule has 30 heavy (non-hydrogen) atoms. The first-order valence-electron chi connectivity index (χ1n) is 9.94. The maximum absolute atomic E-state index is 13.2. The Balaban J connectivity index is 1.62. The number of benzene rings is 1. The normalized spacial score (nSPS) is 22.3. The van der Waals surface area contributed by atoms with Gasteiger partial charge in [0, 0.05) is 16.5 Å². The fourth-order valence-corrected chi connectivity index (χ4v) is 7.10. The fraction of sp³-hybridized carbons (Fsp3) is 0.429. The Kier molecular flexibility index (Phi) is 5.67.